The maximum Gasteiger partial charge on any atom is 0.490 e. The molecule has 1 amide bonds. The van der Waals surface area contributed by atoms with Crippen LogP contribution in [-0.2, 0) is 16.1 Å². The smallest absolute Gasteiger partial charge is 0.475 e. The summed E-state index contributed by atoms with van der Waals surface area (Å²) in [6.45, 7) is 7.58. The number of halogens is 6. The molecule has 0 spiro atoms. The minimum Gasteiger partial charge on any atom is -0.475 e. The number of likely N-dealkylation sites (tertiary alicyclic amines) is 1. The van der Waals surface area contributed by atoms with Crippen molar-refractivity contribution in [2.45, 2.75) is 64.5 Å². The number of pyridine rings is 2. The molecule has 1 atom stereocenters. The van der Waals surface area contributed by atoms with E-state index in [1.165, 1.54) is 0 Å². The van der Waals surface area contributed by atoms with Gasteiger partial charge in [-0.2, -0.15) is 26.3 Å². The Bertz CT molecular complexity index is 1350. The van der Waals surface area contributed by atoms with Gasteiger partial charge in [-0.15, -0.1) is 0 Å². The number of fused-ring (bicyclic) bond motifs is 1. The number of carbonyl (C=O) groups is 3. The number of aromatic nitrogens is 3. The fourth-order valence-electron chi connectivity index (χ4n) is 4.47. The molecular weight excluding hydrogens is 600 g/mol. The van der Waals surface area contributed by atoms with Crippen LogP contribution in [0.5, 0.6) is 0 Å². The number of rotatable bonds is 8. The Morgan fingerprint density at radius 2 is 1.50 bits per heavy atom. The molecule has 3 aromatic heterocycles. The number of nitrogens with zero attached hydrogens (tertiary/aromatic N) is 5. The first-order valence-corrected chi connectivity index (χ1v) is 13.6. The molecule has 0 bridgehead atoms. The van der Waals surface area contributed by atoms with Crippen LogP contribution >= 0.6 is 0 Å². The van der Waals surface area contributed by atoms with E-state index < -0.39 is 24.3 Å². The number of carbonyl (C=O) groups excluding carboxylic acids is 1. The van der Waals surface area contributed by atoms with Gasteiger partial charge < -0.3 is 19.5 Å². The normalized spacial score (nSPS) is 15.1. The van der Waals surface area contributed by atoms with Gasteiger partial charge in [0.05, 0.1) is 17.3 Å². The van der Waals surface area contributed by atoms with E-state index >= 15 is 0 Å². The number of hydrogen-bond acceptors (Lipinski definition) is 6. The number of alkyl halides is 6. The zero-order chi connectivity index (χ0) is 33.1. The van der Waals surface area contributed by atoms with Gasteiger partial charge in [0.25, 0.3) is 5.91 Å². The summed E-state index contributed by atoms with van der Waals surface area (Å²) in [5, 5.41) is 14.2. The summed E-state index contributed by atoms with van der Waals surface area (Å²) in [7, 11) is 0. The van der Waals surface area contributed by atoms with Crippen LogP contribution in [0.3, 0.4) is 0 Å². The van der Waals surface area contributed by atoms with Gasteiger partial charge in [0.2, 0.25) is 0 Å². The van der Waals surface area contributed by atoms with E-state index in [4.69, 9.17) is 24.8 Å². The zero-order valence-corrected chi connectivity index (χ0v) is 24.0. The molecule has 242 valence electrons. The third-order valence-corrected chi connectivity index (χ3v) is 6.29. The molecule has 1 fully saturated rings. The van der Waals surface area contributed by atoms with E-state index in [9.17, 15) is 31.1 Å². The van der Waals surface area contributed by atoms with Gasteiger partial charge in [0.15, 0.2) is 5.69 Å². The van der Waals surface area contributed by atoms with Crippen LogP contribution in [0.2, 0.25) is 0 Å². The highest BCUT2D eigenvalue weighted by atomic mass is 19.4. The molecule has 1 aliphatic rings. The van der Waals surface area contributed by atoms with Crippen LogP contribution in [0.1, 0.15) is 67.6 Å². The lowest BCUT2D eigenvalue weighted by atomic mass is 10.2. The molecule has 1 unspecified atom stereocenters. The molecule has 10 nitrogen and oxygen atoms in total. The van der Waals surface area contributed by atoms with Gasteiger partial charge in [-0.3, -0.25) is 14.7 Å². The van der Waals surface area contributed by atoms with Crippen molar-refractivity contribution in [3.8, 4) is 0 Å². The predicted molar refractivity (Wildman–Crippen MR) is 146 cm³/mol. The van der Waals surface area contributed by atoms with Gasteiger partial charge in [-0.1, -0.05) is 26.0 Å². The van der Waals surface area contributed by atoms with Crippen molar-refractivity contribution < 1.29 is 50.9 Å². The van der Waals surface area contributed by atoms with Gasteiger partial charge in [-0.25, -0.2) is 14.6 Å². The first-order chi connectivity index (χ1) is 20.6. The van der Waals surface area contributed by atoms with Crippen LogP contribution in [0.15, 0.2) is 48.8 Å². The number of hydrogen-bond donors (Lipinski definition) is 2. The van der Waals surface area contributed by atoms with Crippen LogP contribution in [0.4, 0.5) is 26.3 Å². The molecule has 0 saturated carbocycles. The molecule has 0 radical (unpaired) electrons. The molecule has 0 aromatic carbocycles. The van der Waals surface area contributed by atoms with Crippen LogP contribution in [0, 0.1) is 0 Å². The maximum atomic E-state index is 13.4. The first-order valence-electron chi connectivity index (χ1n) is 13.6. The van der Waals surface area contributed by atoms with E-state index in [0.717, 1.165) is 68.9 Å². The Balaban J connectivity index is 0.000000402. The van der Waals surface area contributed by atoms with E-state index in [-0.39, 0.29) is 11.9 Å². The van der Waals surface area contributed by atoms with Crippen molar-refractivity contribution in [2.24, 2.45) is 0 Å². The Labute approximate surface area is 248 Å². The molecular formula is C28H33F6N5O5. The lowest BCUT2D eigenvalue weighted by Gasteiger charge is -2.23. The lowest BCUT2D eigenvalue weighted by Crippen LogP contribution is -2.33. The number of carboxylic acid groups (broad SMARTS) is 2. The van der Waals surface area contributed by atoms with Crippen LogP contribution < -0.4 is 0 Å². The van der Waals surface area contributed by atoms with E-state index in [1.54, 1.807) is 0 Å². The topological polar surface area (TPSA) is 128 Å². The zero-order valence-electron chi connectivity index (χ0n) is 24.0. The van der Waals surface area contributed by atoms with E-state index in [2.05, 4.69) is 34.2 Å². The first kappa shape index (κ1) is 36.0. The van der Waals surface area contributed by atoms with Gasteiger partial charge in [0, 0.05) is 32.0 Å². The second-order valence-electron chi connectivity index (χ2n) is 9.62. The minimum absolute atomic E-state index is 0.0444. The Morgan fingerprint density at radius 3 is 2.00 bits per heavy atom. The summed E-state index contributed by atoms with van der Waals surface area (Å²) in [5.74, 6) is -4.50. The lowest BCUT2D eigenvalue weighted by molar-refractivity contribution is -0.193. The largest absolute Gasteiger partial charge is 0.490 e. The summed E-state index contributed by atoms with van der Waals surface area (Å²) in [6.07, 6.45) is -2.22. The fraction of sp³-hybridized carbons (Fsp3) is 0.464. The van der Waals surface area contributed by atoms with E-state index in [0.29, 0.717) is 5.69 Å². The van der Waals surface area contributed by atoms with Crippen molar-refractivity contribution in [3.63, 3.8) is 0 Å². The molecule has 2 N–H and O–H groups in total. The highest BCUT2D eigenvalue weighted by Crippen LogP contribution is 2.33. The Morgan fingerprint density at radius 1 is 0.932 bits per heavy atom. The van der Waals surface area contributed by atoms with Crippen molar-refractivity contribution in [3.05, 3.63) is 66.0 Å². The summed E-state index contributed by atoms with van der Waals surface area (Å²) in [4.78, 5) is 45.0. The number of carboxylic acids is 2. The molecule has 1 saturated heterocycles. The Hall–Kier alpha value is -4.21. The van der Waals surface area contributed by atoms with Gasteiger partial charge >= 0.3 is 24.3 Å². The predicted octanol–water partition coefficient (Wildman–Crippen LogP) is 5.60. The molecule has 3 aromatic rings. The summed E-state index contributed by atoms with van der Waals surface area (Å²) < 4.78 is 65.6. The van der Waals surface area contributed by atoms with Crippen molar-refractivity contribution in [2.75, 3.05) is 19.6 Å². The third-order valence-electron chi connectivity index (χ3n) is 6.29. The second-order valence-corrected chi connectivity index (χ2v) is 9.62. The third kappa shape index (κ3) is 10.2. The van der Waals surface area contributed by atoms with Gasteiger partial charge in [-0.05, 0) is 56.5 Å². The standard InChI is InChI=1S/C24H31N5O.2C2HF3O2/c1-3-14-27(15-4-2)24(30)22-20-11-6-8-17-29(20)23(26-22)21-12-9-16-28(21)18-19-10-5-7-13-25-19;2*3-2(4,5)1(6)7/h5-8,10-11,13,17,21H,3-4,9,12,14-16,18H2,1-2H3;2*(H,6,7). The quantitative estimate of drug-likeness (QED) is 0.307. The fourth-order valence-corrected chi connectivity index (χ4v) is 4.47. The summed E-state index contributed by atoms with van der Waals surface area (Å²) >= 11 is 0. The van der Waals surface area contributed by atoms with Crippen molar-refractivity contribution in [1.82, 2.24) is 24.2 Å². The number of imidazole rings is 1. The average molecular weight is 634 g/mol. The van der Waals surface area contributed by atoms with E-state index in [1.807, 2.05) is 47.6 Å². The second kappa shape index (κ2) is 16.0. The average Bonchev–Trinajstić information content (AvgIpc) is 3.57. The SMILES string of the molecule is CCCN(CCC)C(=O)c1nc(C2CCCN2Cc2ccccn2)n2ccccc12.O=C(O)C(F)(F)F.O=C(O)C(F)(F)F. The van der Waals surface area contributed by atoms with Crippen molar-refractivity contribution >= 4 is 23.4 Å². The number of aliphatic carboxylic acids is 2. The van der Waals surface area contributed by atoms with Gasteiger partial charge in [0.1, 0.15) is 5.82 Å². The molecule has 4 rings (SSSR count). The highest BCUT2D eigenvalue weighted by molar-refractivity contribution is 5.99. The molecule has 1 aliphatic heterocycles. The van der Waals surface area contributed by atoms with Crippen molar-refractivity contribution in [1.29, 1.82) is 0 Å². The molecule has 16 heteroatoms. The summed E-state index contributed by atoms with van der Waals surface area (Å²) in [6, 6.07) is 12.3. The monoisotopic (exact) mass is 633 g/mol. The minimum atomic E-state index is -5.08. The summed E-state index contributed by atoms with van der Waals surface area (Å²) in [5.41, 5.74) is 2.55. The Kier molecular flexibility index (Phi) is 13.1. The molecule has 4 heterocycles. The van der Waals surface area contributed by atoms with Crippen LogP contribution in [0.25, 0.3) is 5.52 Å². The molecule has 44 heavy (non-hydrogen) atoms. The molecule has 0 aliphatic carbocycles. The highest BCUT2D eigenvalue weighted by Gasteiger charge is 2.39. The maximum absolute atomic E-state index is 13.4. The number of amides is 1. The van der Waals surface area contributed by atoms with Crippen LogP contribution in [-0.4, -0.2) is 84.2 Å².